The molecule has 7 nitrogen and oxygen atoms in total. The summed E-state index contributed by atoms with van der Waals surface area (Å²) in [6.07, 6.45) is 1.24. The predicted molar refractivity (Wildman–Crippen MR) is 114 cm³/mol. The van der Waals surface area contributed by atoms with Gasteiger partial charge in [-0.3, -0.25) is 14.9 Å². The maximum Gasteiger partial charge on any atom is 0.278 e. The van der Waals surface area contributed by atoms with Crippen molar-refractivity contribution in [3.63, 3.8) is 0 Å². The molecule has 0 saturated carbocycles. The van der Waals surface area contributed by atoms with Gasteiger partial charge >= 0.3 is 0 Å². The van der Waals surface area contributed by atoms with Gasteiger partial charge in [-0.2, -0.15) is 5.10 Å². The molecule has 0 atom stereocenters. The molecule has 0 bridgehead atoms. The summed E-state index contributed by atoms with van der Waals surface area (Å²) < 4.78 is 0. The quantitative estimate of drug-likeness (QED) is 0.445. The van der Waals surface area contributed by atoms with Crippen LogP contribution in [0.5, 0.6) is 5.75 Å². The number of hydrogen-bond donors (Lipinski definition) is 2. The van der Waals surface area contributed by atoms with Crippen LogP contribution < -0.4 is 5.43 Å². The van der Waals surface area contributed by atoms with E-state index in [9.17, 15) is 20.0 Å². The lowest BCUT2D eigenvalue weighted by Crippen LogP contribution is -2.22. The molecule has 0 fully saturated rings. The number of rotatable bonds is 4. The SMILES string of the molecule is CC(C)(C)c1cc(C(=O)NN=Cc2ccccc2[N+](=O)[O-])cc(C(C)(C)C)c1O. The minimum atomic E-state index is -0.506. The molecule has 7 heteroatoms. The number of hydrogen-bond acceptors (Lipinski definition) is 5. The Morgan fingerprint density at radius 3 is 2.07 bits per heavy atom. The van der Waals surface area contributed by atoms with Gasteiger partial charge in [0.2, 0.25) is 0 Å². The zero-order valence-electron chi connectivity index (χ0n) is 17.6. The number of benzene rings is 2. The van der Waals surface area contributed by atoms with Gasteiger partial charge in [0.25, 0.3) is 11.6 Å². The summed E-state index contributed by atoms with van der Waals surface area (Å²) in [5.41, 5.74) is 3.56. The molecule has 1 amide bonds. The fourth-order valence-corrected chi connectivity index (χ4v) is 2.90. The number of aromatic hydroxyl groups is 1. The smallest absolute Gasteiger partial charge is 0.278 e. The van der Waals surface area contributed by atoms with E-state index in [1.807, 2.05) is 41.5 Å². The fourth-order valence-electron chi connectivity index (χ4n) is 2.90. The van der Waals surface area contributed by atoms with Crippen LogP contribution in [-0.4, -0.2) is 22.2 Å². The zero-order chi connectivity index (χ0) is 22.0. The Hall–Kier alpha value is -3.22. The second kappa shape index (κ2) is 8.03. The highest BCUT2D eigenvalue weighted by Crippen LogP contribution is 2.39. The molecule has 0 heterocycles. The normalized spacial score (nSPS) is 12.2. The molecule has 0 radical (unpaired) electrons. The van der Waals surface area contributed by atoms with Gasteiger partial charge in [0, 0.05) is 22.8 Å². The van der Waals surface area contributed by atoms with Crippen LogP contribution in [-0.2, 0) is 10.8 Å². The van der Waals surface area contributed by atoms with Gasteiger partial charge in [-0.25, -0.2) is 5.43 Å². The molecule has 0 unspecified atom stereocenters. The number of nitrogens with zero attached hydrogens (tertiary/aromatic N) is 2. The van der Waals surface area contributed by atoms with E-state index in [0.717, 1.165) is 0 Å². The van der Waals surface area contributed by atoms with Crippen LogP contribution in [0.3, 0.4) is 0 Å². The fraction of sp³-hybridized carbons (Fsp3) is 0.364. The largest absolute Gasteiger partial charge is 0.507 e. The Labute approximate surface area is 170 Å². The average molecular weight is 397 g/mol. The van der Waals surface area contributed by atoms with Crippen molar-refractivity contribution in [2.24, 2.45) is 5.10 Å². The van der Waals surface area contributed by atoms with Gasteiger partial charge in [0.1, 0.15) is 5.75 Å². The van der Waals surface area contributed by atoms with Crippen LogP contribution in [0, 0.1) is 10.1 Å². The summed E-state index contributed by atoms with van der Waals surface area (Å²) in [5.74, 6) is -0.277. The topological polar surface area (TPSA) is 105 Å². The molecule has 29 heavy (non-hydrogen) atoms. The molecule has 2 rings (SSSR count). The van der Waals surface area contributed by atoms with Crippen molar-refractivity contribution in [2.75, 3.05) is 0 Å². The Bertz CT molecular complexity index is 932. The first-order valence-corrected chi connectivity index (χ1v) is 9.27. The van der Waals surface area contributed by atoms with E-state index < -0.39 is 10.8 Å². The van der Waals surface area contributed by atoms with Crippen molar-refractivity contribution in [1.82, 2.24) is 5.43 Å². The van der Waals surface area contributed by atoms with E-state index in [1.54, 1.807) is 30.3 Å². The molecular formula is C22H27N3O4. The second-order valence-electron chi connectivity index (χ2n) is 8.94. The second-order valence-corrected chi connectivity index (χ2v) is 8.94. The van der Waals surface area contributed by atoms with Crippen LogP contribution in [0.1, 0.15) is 68.6 Å². The van der Waals surface area contributed by atoms with Crippen molar-refractivity contribution in [3.05, 3.63) is 68.8 Å². The summed E-state index contributed by atoms with van der Waals surface area (Å²) in [5, 5.41) is 25.7. The van der Waals surface area contributed by atoms with Crippen molar-refractivity contribution in [2.45, 2.75) is 52.4 Å². The number of hydrazone groups is 1. The summed E-state index contributed by atoms with van der Waals surface area (Å²) in [6.45, 7) is 11.8. The third-order valence-corrected chi connectivity index (χ3v) is 4.49. The van der Waals surface area contributed by atoms with Gasteiger partial charge in [-0.15, -0.1) is 0 Å². The first-order chi connectivity index (χ1) is 13.3. The number of carbonyl (C=O) groups is 1. The van der Waals surface area contributed by atoms with Crippen LogP contribution in [0.2, 0.25) is 0 Å². The highest BCUT2D eigenvalue weighted by molar-refractivity contribution is 5.96. The number of amides is 1. The van der Waals surface area contributed by atoms with E-state index >= 15 is 0 Å². The maximum atomic E-state index is 12.7. The lowest BCUT2D eigenvalue weighted by Gasteiger charge is -2.28. The molecule has 2 aromatic carbocycles. The van der Waals surface area contributed by atoms with Crippen molar-refractivity contribution < 1.29 is 14.8 Å². The Kier molecular flexibility index (Phi) is 6.11. The van der Waals surface area contributed by atoms with Crippen molar-refractivity contribution in [3.8, 4) is 5.75 Å². The van der Waals surface area contributed by atoms with Crippen LogP contribution in [0.25, 0.3) is 0 Å². The molecule has 2 aromatic rings. The molecule has 0 aliphatic carbocycles. The maximum absolute atomic E-state index is 12.7. The minimum Gasteiger partial charge on any atom is -0.507 e. The third kappa shape index (κ3) is 5.19. The Morgan fingerprint density at radius 2 is 1.59 bits per heavy atom. The lowest BCUT2D eigenvalue weighted by molar-refractivity contribution is -0.385. The van der Waals surface area contributed by atoms with Gasteiger partial charge in [-0.05, 0) is 29.0 Å². The van der Waals surface area contributed by atoms with E-state index in [1.165, 1.54) is 12.3 Å². The highest BCUT2D eigenvalue weighted by atomic mass is 16.6. The molecular weight excluding hydrogens is 370 g/mol. The molecule has 0 spiro atoms. The Morgan fingerprint density at radius 1 is 1.07 bits per heavy atom. The van der Waals surface area contributed by atoms with Crippen LogP contribution in [0.15, 0.2) is 41.5 Å². The summed E-state index contributed by atoms with van der Waals surface area (Å²) in [6, 6.07) is 9.44. The molecule has 2 N–H and O–H groups in total. The highest BCUT2D eigenvalue weighted by Gasteiger charge is 2.27. The van der Waals surface area contributed by atoms with Crippen molar-refractivity contribution in [1.29, 1.82) is 0 Å². The molecule has 0 aliphatic heterocycles. The minimum absolute atomic E-state index is 0.0971. The number of nitro benzene ring substituents is 1. The Balaban J connectivity index is 2.37. The van der Waals surface area contributed by atoms with Crippen LogP contribution >= 0.6 is 0 Å². The zero-order valence-corrected chi connectivity index (χ0v) is 17.6. The van der Waals surface area contributed by atoms with E-state index in [4.69, 9.17) is 0 Å². The van der Waals surface area contributed by atoms with Crippen molar-refractivity contribution >= 4 is 17.8 Å². The number of nitrogens with one attached hydrogen (secondary N) is 1. The monoisotopic (exact) mass is 397 g/mol. The molecule has 0 saturated heterocycles. The average Bonchev–Trinajstić information content (AvgIpc) is 2.60. The number of carbonyl (C=O) groups excluding carboxylic acids is 1. The molecule has 0 aliphatic rings. The van der Waals surface area contributed by atoms with Gasteiger partial charge in [-0.1, -0.05) is 53.7 Å². The van der Waals surface area contributed by atoms with E-state index in [0.29, 0.717) is 16.7 Å². The number of phenols is 1. The number of phenolic OH excluding ortho intramolecular Hbond substituents is 1. The summed E-state index contributed by atoms with van der Waals surface area (Å²) in [7, 11) is 0. The predicted octanol–water partition coefficient (Wildman–Crippen LogP) is 4.66. The molecule has 0 aromatic heterocycles. The van der Waals surface area contributed by atoms with E-state index in [-0.39, 0.29) is 27.8 Å². The summed E-state index contributed by atoms with van der Waals surface area (Å²) in [4.78, 5) is 23.2. The number of para-hydroxylation sites is 1. The van der Waals surface area contributed by atoms with Gasteiger partial charge in [0.15, 0.2) is 0 Å². The lowest BCUT2D eigenvalue weighted by atomic mass is 9.78. The first kappa shape index (κ1) is 22.1. The first-order valence-electron chi connectivity index (χ1n) is 9.27. The summed E-state index contributed by atoms with van der Waals surface area (Å²) >= 11 is 0. The number of nitro groups is 1. The van der Waals surface area contributed by atoms with E-state index in [2.05, 4.69) is 10.5 Å². The van der Waals surface area contributed by atoms with Crippen LogP contribution in [0.4, 0.5) is 5.69 Å². The van der Waals surface area contributed by atoms with Gasteiger partial charge < -0.3 is 5.11 Å². The molecule has 154 valence electrons. The standard InChI is InChI=1S/C22H27N3O4/c1-21(2,3)16-11-15(12-17(19(16)26)22(4,5)6)20(27)24-23-13-14-9-7-8-10-18(14)25(28)29/h7-13,26H,1-6H3,(H,24,27). The van der Waals surface area contributed by atoms with Gasteiger partial charge in [0.05, 0.1) is 16.7 Å². The third-order valence-electron chi connectivity index (χ3n) is 4.49.